The summed E-state index contributed by atoms with van der Waals surface area (Å²) in [4.78, 5) is 15.7. The molecule has 0 spiro atoms. The van der Waals surface area contributed by atoms with Crippen LogP contribution >= 0.6 is 0 Å². The lowest BCUT2D eigenvalue weighted by atomic mass is 9.70. The number of carbonyl (C=O) groups is 1. The minimum Gasteiger partial charge on any atom is -0.382 e. The molecule has 2 aliphatic rings. The second-order valence-electron chi connectivity index (χ2n) is 18.9. The van der Waals surface area contributed by atoms with Gasteiger partial charge >= 0.3 is 0 Å². The van der Waals surface area contributed by atoms with Gasteiger partial charge in [0.05, 0.1) is 18.1 Å². The molecule has 2 fully saturated rings. The predicted octanol–water partition coefficient (Wildman–Crippen LogP) is 14.4. The Bertz CT molecular complexity index is 1210. The Morgan fingerprint density at radius 3 is 1.90 bits per heavy atom. The largest absolute Gasteiger partial charge is 0.382 e. The van der Waals surface area contributed by atoms with Gasteiger partial charge < -0.3 is 21.3 Å². The summed E-state index contributed by atoms with van der Waals surface area (Å²) < 4.78 is 0. The maximum atomic E-state index is 13.7. The standard InChI is InChI=1S/C29H46N4O.C12H24.C4H10.C4H8.C3H8.CH4/c1-8-11-15-25(21(4)22(5)31-18-9-2)32-23(6)26-19-24(10-3)20-33(26)28(34)27(30)29(7)16-13-12-14-17-29;1-7-10(2)8-9-11(3)12(4,5)6;2*1-4(2)3;1-3-2;/h1,9,24-27,31-32H,2,4-6,10-20,30H2,3,7H3;11H,2,7-9H2,1,3-6H3;4H,1-3H3;1H2,2-3H3;3H2,1-2H3;1H4/t24-,25?,26?,27?;;;;;/m1...../s1. The lowest BCUT2D eigenvalue weighted by Crippen LogP contribution is -2.55. The first kappa shape index (κ1) is 61.7. The molecule has 1 heterocycles. The molecular formula is C53H100N4O. The topological polar surface area (TPSA) is 70.4 Å². The maximum Gasteiger partial charge on any atom is 0.240 e. The third-order valence-corrected chi connectivity index (χ3v) is 10.8. The van der Waals surface area contributed by atoms with Gasteiger partial charge in [-0.3, -0.25) is 4.79 Å². The van der Waals surface area contributed by atoms with Crippen molar-refractivity contribution in [3.63, 3.8) is 0 Å². The van der Waals surface area contributed by atoms with E-state index >= 15 is 0 Å². The van der Waals surface area contributed by atoms with E-state index < -0.39 is 6.04 Å². The van der Waals surface area contributed by atoms with Crippen molar-refractivity contribution in [2.75, 3.05) is 13.1 Å². The highest BCUT2D eigenvalue weighted by molar-refractivity contribution is 5.83. The van der Waals surface area contributed by atoms with Gasteiger partial charge in [-0.25, -0.2) is 0 Å². The zero-order chi connectivity index (χ0) is 44.9. The minimum atomic E-state index is -0.478. The zero-order valence-corrected chi connectivity index (χ0v) is 40.4. The first-order valence-corrected chi connectivity index (χ1v) is 22.4. The van der Waals surface area contributed by atoms with E-state index in [1.165, 1.54) is 36.8 Å². The van der Waals surface area contributed by atoms with Gasteiger partial charge in [0, 0.05) is 30.9 Å². The molecule has 1 amide bonds. The van der Waals surface area contributed by atoms with Gasteiger partial charge in [-0.1, -0.05) is 166 Å². The van der Waals surface area contributed by atoms with Crippen LogP contribution in [-0.4, -0.2) is 42.0 Å². The molecule has 5 nitrogen and oxygen atoms in total. The number of likely N-dealkylation sites (tertiary alicyclic amines) is 1. The summed E-state index contributed by atoms with van der Waals surface area (Å²) in [5.74, 6) is 4.84. The molecule has 5 heteroatoms. The van der Waals surface area contributed by atoms with E-state index in [-0.39, 0.29) is 30.8 Å². The highest BCUT2D eigenvalue weighted by atomic mass is 16.2. The Balaban J connectivity index is -0.000000498. The molecule has 4 N–H and O–H groups in total. The van der Waals surface area contributed by atoms with Crippen molar-refractivity contribution in [3.05, 3.63) is 73.7 Å². The lowest BCUT2D eigenvalue weighted by Gasteiger charge is -2.41. The van der Waals surface area contributed by atoms with Crippen LogP contribution in [0.25, 0.3) is 0 Å². The van der Waals surface area contributed by atoms with Crippen molar-refractivity contribution in [1.29, 1.82) is 0 Å². The van der Waals surface area contributed by atoms with Crippen molar-refractivity contribution >= 4 is 5.91 Å². The number of rotatable bonds is 17. The Kier molecular flexibility index (Phi) is 36.0. The van der Waals surface area contributed by atoms with Gasteiger partial charge in [0.25, 0.3) is 0 Å². The lowest BCUT2D eigenvalue weighted by molar-refractivity contribution is -0.136. The monoisotopic (exact) mass is 809 g/mol. The van der Waals surface area contributed by atoms with Crippen LogP contribution in [0.5, 0.6) is 0 Å². The van der Waals surface area contributed by atoms with Crippen molar-refractivity contribution < 1.29 is 4.79 Å². The number of allylic oxidation sites excluding steroid dienone is 2. The molecule has 0 radical (unpaired) electrons. The first-order valence-electron chi connectivity index (χ1n) is 22.4. The number of amides is 1. The SMILES string of the molecule is C.C#CCCC(NC(=C)C1C[C@@H](CC)CN1C(=O)C(N)C1(C)CCCCC1)C(=C)C(=C)NCC=C.C=C(C)C.C=C(CC)CCC(C)C(C)(C)C.CC(C)C.CCC. The quantitative estimate of drug-likeness (QED) is 0.0778. The van der Waals surface area contributed by atoms with E-state index in [0.29, 0.717) is 30.7 Å². The van der Waals surface area contributed by atoms with E-state index in [9.17, 15) is 4.79 Å². The van der Waals surface area contributed by atoms with Gasteiger partial charge in [0.2, 0.25) is 5.91 Å². The first-order chi connectivity index (χ1) is 26.4. The average Bonchev–Trinajstić information content (AvgIpc) is 3.58. The number of nitrogens with zero attached hydrogens (tertiary/aromatic N) is 1. The normalized spacial score (nSPS) is 18.0. The summed E-state index contributed by atoms with van der Waals surface area (Å²) in [5.41, 5.74) is 12.0. The van der Waals surface area contributed by atoms with Gasteiger partial charge in [-0.15, -0.1) is 25.5 Å². The minimum absolute atomic E-state index is 0. The Morgan fingerprint density at radius 2 is 1.48 bits per heavy atom. The van der Waals surface area contributed by atoms with Gasteiger partial charge in [0.1, 0.15) is 0 Å². The molecule has 1 saturated heterocycles. The number of hydrogen-bond donors (Lipinski definition) is 3. The molecule has 1 aliphatic heterocycles. The maximum absolute atomic E-state index is 13.7. The average molecular weight is 809 g/mol. The van der Waals surface area contributed by atoms with E-state index in [2.05, 4.69) is 139 Å². The number of nitrogens with two attached hydrogens (primary N) is 1. The fraction of sp³-hybridized carbons (Fsp3) is 0.717. The molecule has 4 unspecified atom stereocenters. The Hall–Kier alpha value is -2.97. The van der Waals surface area contributed by atoms with Gasteiger partial charge in [0.15, 0.2) is 0 Å². The molecule has 0 bridgehead atoms. The number of carbonyl (C=O) groups excluding carboxylic acids is 1. The number of terminal acetylenes is 1. The molecule has 5 atom stereocenters. The van der Waals surface area contributed by atoms with Crippen molar-refractivity contribution in [3.8, 4) is 12.3 Å². The molecule has 0 aromatic carbocycles. The summed E-state index contributed by atoms with van der Waals surface area (Å²) >= 11 is 0. The van der Waals surface area contributed by atoms with Crippen LogP contribution in [0.15, 0.2) is 73.7 Å². The molecule has 0 aromatic heterocycles. The van der Waals surface area contributed by atoms with Gasteiger partial charge in [-0.05, 0) is 93.0 Å². The van der Waals surface area contributed by atoms with E-state index in [0.717, 1.165) is 80.3 Å². The fourth-order valence-electron chi connectivity index (χ4n) is 6.37. The molecule has 338 valence electrons. The van der Waals surface area contributed by atoms with Crippen LogP contribution in [0, 0.1) is 40.9 Å². The van der Waals surface area contributed by atoms with Crippen LogP contribution in [0.2, 0.25) is 0 Å². The molecular weight excluding hydrogens is 709 g/mol. The number of nitrogens with one attached hydrogen (secondary N) is 2. The molecule has 0 aromatic rings. The second-order valence-corrected chi connectivity index (χ2v) is 18.9. The second kappa shape index (κ2) is 33.8. The molecule has 1 aliphatic carbocycles. The van der Waals surface area contributed by atoms with Crippen LogP contribution in [-0.2, 0) is 4.79 Å². The van der Waals surface area contributed by atoms with Crippen LogP contribution in [0.3, 0.4) is 0 Å². The highest BCUT2D eigenvalue weighted by Gasteiger charge is 2.44. The third-order valence-electron chi connectivity index (χ3n) is 10.8. The summed E-state index contributed by atoms with van der Waals surface area (Å²) in [7, 11) is 0. The molecule has 2 rings (SSSR count). The zero-order valence-electron chi connectivity index (χ0n) is 40.4. The van der Waals surface area contributed by atoms with E-state index in [1.807, 2.05) is 18.7 Å². The summed E-state index contributed by atoms with van der Waals surface area (Å²) in [5, 5.41) is 6.77. The highest BCUT2D eigenvalue weighted by Crippen LogP contribution is 2.40. The smallest absolute Gasteiger partial charge is 0.240 e. The van der Waals surface area contributed by atoms with Crippen molar-refractivity contribution in [1.82, 2.24) is 15.5 Å². The summed E-state index contributed by atoms with van der Waals surface area (Å²) in [6, 6.07) is -0.685. The fourth-order valence-corrected chi connectivity index (χ4v) is 6.37. The summed E-state index contributed by atoms with van der Waals surface area (Å²) in [6.07, 6.45) is 21.0. The predicted molar refractivity (Wildman–Crippen MR) is 265 cm³/mol. The van der Waals surface area contributed by atoms with Crippen LogP contribution in [0.1, 0.15) is 188 Å². The van der Waals surface area contributed by atoms with Crippen molar-refractivity contribution in [2.24, 2.45) is 34.3 Å². The Morgan fingerprint density at radius 1 is 0.983 bits per heavy atom. The van der Waals surface area contributed by atoms with Gasteiger partial charge in [-0.2, -0.15) is 0 Å². The van der Waals surface area contributed by atoms with Crippen LogP contribution in [0.4, 0.5) is 0 Å². The third kappa shape index (κ3) is 27.7. The van der Waals surface area contributed by atoms with E-state index in [1.54, 1.807) is 6.08 Å². The molecule has 58 heavy (non-hydrogen) atoms. The van der Waals surface area contributed by atoms with Crippen LogP contribution < -0.4 is 16.4 Å². The Labute approximate surface area is 364 Å². The summed E-state index contributed by atoms with van der Waals surface area (Å²) in [6.45, 7) is 55.9. The molecule has 1 saturated carbocycles. The van der Waals surface area contributed by atoms with E-state index in [4.69, 9.17) is 12.2 Å². The number of hydrogen-bond acceptors (Lipinski definition) is 4. The van der Waals surface area contributed by atoms with Crippen molar-refractivity contribution in [2.45, 2.75) is 206 Å².